The van der Waals surface area contributed by atoms with Crippen LogP contribution in [0, 0.1) is 6.92 Å². The molecule has 1 N–H and O–H groups in total. The number of hydrogen-bond acceptors (Lipinski definition) is 7. The number of nitrogens with one attached hydrogen (secondary N) is 1. The molecule has 0 amide bonds. The third-order valence-corrected chi connectivity index (χ3v) is 7.06. The van der Waals surface area contributed by atoms with Gasteiger partial charge in [0.05, 0.1) is 5.25 Å². The maximum atomic E-state index is 12.3. The van der Waals surface area contributed by atoms with Crippen LogP contribution in [0.5, 0.6) is 0 Å². The van der Waals surface area contributed by atoms with E-state index in [0.717, 1.165) is 30.2 Å². The first-order valence-corrected chi connectivity index (χ1v) is 10.3. The van der Waals surface area contributed by atoms with Crippen molar-refractivity contribution in [2.24, 2.45) is 0 Å². The van der Waals surface area contributed by atoms with Crippen LogP contribution in [-0.4, -0.2) is 59.3 Å². The molecule has 3 heterocycles. The summed E-state index contributed by atoms with van der Waals surface area (Å²) in [7, 11) is -3.09. The number of aromatic nitrogens is 3. The third kappa shape index (κ3) is 3.63. The molecule has 0 atom stereocenters. The topological polar surface area (TPSA) is 91.3 Å². The summed E-state index contributed by atoms with van der Waals surface area (Å²) in [5.74, 6) is 2.11. The van der Waals surface area contributed by atoms with Gasteiger partial charge in [0.25, 0.3) is 0 Å². The van der Waals surface area contributed by atoms with Gasteiger partial charge >= 0.3 is 0 Å². The quantitative estimate of drug-likeness (QED) is 0.849. The second kappa shape index (κ2) is 6.81. The molecule has 0 unspecified atom stereocenters. The molecule has 1 saturated carbocycles. The van der Waals surface area contributed by atoms with Gasteiger partial charge in [-0.25, -0.2) is 13.4 Å². The Morgan fingerprint density at radius 1 is 1.00 bits per heavy atom. The van der Waals surface area contributed by atoms with Crippen molar-refractivity contribution in [3.8, 4) is 0 Å². The molecule has 26 heavy (non-hydrogen) atoms. The predicted molar refractivity (Wildman–Crippen MR) is 100 cm³/mol. The summed E-state index contributed by atoms with van der Waals surface area (Å²) in [6.07, 6.45) is 1.61. The second-order valence-electron chi connectivity index (χ2n) is 6.70. The minimum atomic E-state index is -3.09. The average molecular weight is 374 g/mol. The molecule has 8 nitrogen and oxygen atoms in total. The van der Waals surface area contributed by atoms with Crippen LogP contribution in [0.15, 0.2) is 30.3 Å². The number of piperazine rings is 1. The average Bonchev–Trinajstić information content (AvgIpc) is 3.48. The van der Waals surface area contributed by atoms with E-state index in [1.54, 1.807) is 4.31 Å². The summed E-state index contributed by atoms with van der Waals surface area (Å²) in [5.41, 5.74) is 0.929. The van der Waals surface area contributed by atoms with Gasteiger partial charge in [0, 0.05) is 31.9 Å². The maximum Gasteiger partial charge on any atom is 0.217 e. The Balaban J connectivity index is 1.37. The molecular weight excluding hydrogens is 352 g/mol. The molecule has 0 radical (unpaired) electrons. The summed E-state index contributed by atoms with van der Waals surface area (Å²) >= 11 is 0. The lowest BCUT2D eigenvalue weighted by Gasteiger charge is -2.34. The largest absolute Gasteiger partial charge is 0.352 e. The lowest BCUT2D eigenvalue weighted by molar-refractivity contribution is 0.383. The van der Waals surface area contributed by atoms with E-state index in [1.165, 1.54) is 0 Å². The molecule has 2 fully saturated rings. The fourth-order valence-corrected chi connectivity index (χ4v) is 4.88. The van der Waals surface area contributed by atoms with E-state index in [9.17, 15) is 8.42 Å². The fraction of sp³-hybridized carbons (Fsp3) is 0.471. The zero-order chi connectivity index (χ0) is 18.1. The van der Waals surface area contributed by atoms with Crippen molar-refractivity contribution in [2.75, 3.05) is 36.4 Å². The highest BCUT2D eigenvalue weighted by atomic mass is 32.2. The molecule has 2 aromatic rings. The highest BCUT2D eigenvalue weighted by molar-refractivity contribution is 7.90. The summed E-state index contributed by atoms with van der Waals surface area (Å²) in [6.45, 7) is 4.21. The third-order valence-electron chi connectivity index (χ3n) is 4.66. The summed E-state index contributed by atoms with van der Waals surface area (Å²) in [6, 6.07) is 9.50. The maximum absolute atomic E-state index is 12.3. The van der Waals surface area contributed by atoms with Crippen molar-refractivity contribution in [3.05, 3.63) is 36.0 Å². The first-order valence-electron chi connectivity index (χ1n) is 8.81. The first kappa shape index (κ1) is 17.2. The number of sulfonamides is 1. The van der Waals surface area contributed by atoms with E-state index in [1.807, 2.05) is 37.3 Å². The Labute approximate surface area is 153 Å². The fourth-order valence-electron chi connectivity index (χ4n) is 3.05. The highest BCUT2D eigenvalue weighted by Gasteiger charge is 2.41. The van der Waals surface area contributed by atoms with Crippen LogP contribution in [0.4, 0.5) is 17.5 Å². The number of anilines is 3. The van der Waals surface area contributed by atoms with Gasteiger partial charge in [-0.2, -0.15) is 4.31 Å². The normalized spacial score (nSPS) is 18.7. The number of aryl methyl sites for hydroxylation is 1. The molecule has 0 bridgehead atoms. The molecule has 4 rings (SSSR count). The molecule has 9 heteroatoms. The lowest BCUT2D eigenvalue weighted by atomic mass is 10.3. The van der Waals surface area contributed by atoms with E-state index in [4.69, 9.17) is 0 Å². The van der Waals surface area contributed by atoms with Crippen LogP contribution in [0.2, 0.25) is 0 Å². The molecular formula is C17H22N6O2S. The Bertz CT molecular complexity index is 874. The van der Waals surface area contributed by atoms with Crippen LogP contribution >= 0.6 is 0 Å². The Morgan fingerprint density at radius 3 is 2.38 bits per heavy atom. The van der Waals surface area contributed by atoms with Crippen molar-refractivity contribution >= 4 is 27.5 Å². The van der Waals surface area contributed by atoms with Gasteiger partial charge in [0.2, 0.25) is 10.0 Å². The van der Waals surface area contributed by atoms with Gasteiger partial charge in [-0.05, 0) is 44.0 Å². The van der Waals surface area contributed by atoms with Gasteiger partial charge in [0.15, 0.2) is 11.6 Å². The van der Waals surface area contributed by atoms with Crippen LogP contribution < -0.4 is 10.2 Å². The Kier molecular flexibility index (Phi) is 4.49. The summed E-state index contributed by atoms with van der Waals surface area (Å²) in [4.78, 5) is 6.45. The summed E-state index contributed by atoms with van der Waals surface area (Å²) in [5, 5.41) is 11.5. The van der Waals surface area contributed by atoms with E-state index in [0.29, 0.717) is 32.0 Å². The minimum Gasteiger partial charge on any atom is -0.352 e. The molecule has 1 aliphatic carbocycles. The zero-order valence-corrected chi connectivity index (χ0v) is 15.5. The first-order chi connectivity index (χ1) is 12.5. The molecule has 2 aromatic heterocycles. The van der Waals surface area contributed by atoms with Crippen molar-refractivity contribution in [1.29, 1.82) is 0 Å². The minimum absolute atomic E-state index is 0.144. The predicted octanol–water partition coefficient (Wildman–Crippen LogP) is 1.54. The van der Waals surface area contributed by atoms with Gasteiger partial charge in [0.1, 0.15) is 5.82 Å². The van der Waals surface area contributed by atoms with Crippen LogP contribution in [0.3, 0.4) is 0 Å². The smallest absolute Gasteiger partial charge is 0.217 e. The lowest BCUT2D eigenvalue weighted by Crippen LogP contribution is -2.49. The Hall–Kier alpha value is -2.26. The van der Waals surface area contributed by atoms with Crippen molar-refractivity contribution in [1.82, 2.24) is 19.5 Å². The van der Waals surface area contributed by atoms with Crippen LogP contribution in [0.25, 0.3) is 0 Å². The second-order valence-corrected chi connectivity index (χ2v) is 8.91. The molecule has 0 aromatic carbocycles. The SMILES string of the molecule is Cc1cccc(Nc2ccc(N3CCN(S(=O)(=O)C4CC4)CC3)nn2)n1. The zero-order valence-electron chi connectivity index (χ0n) is 14.7. The van der Waals surface area contributed by atoms with Gasteiger partial charge in [-0.1, -0.05) is 6.07 Å². The molecule has 0 spiro atoms. The molecule has 2 aliphatic rings. The Morgan fingerprint density at radius 2 is 1.77 bits per heavy atom. The monoisotopic (exact) mass is 374 g/mol. The van der Waals surface area contributed by atoms with Crippen LogP contribution in [0.1, 0.15) is 18.5 Å². The number of pyridine rings is 1. The van der Waals surface area contributed by atoms with Gasteiger partial charge < -0.3 is 10.2 Å². The number of hydrogen-bond donors (Lipinski definition) is 1. The van der Waals surface area contributed by atoms with Crippen molar-refractivity contribution in [3.63, 3.8) is 0 Å². The number of rotatable bonds is 5. The molecule has 1 saturated heterocycles. The van der Waals surface area contributed by atoms with E-state index in [2.05, 4.69) is 25.4 Å². The van der Waals surface area contributed by atoms with E-state index >= 15 is 0 Å². The number of nitrogens with zero attached hydrogens (tertiary/aromatic N) is 5. The van der Waals surface area contributed by atoms with Gasteiger partial charge in [-0.15, -0.1) is 10.2 Å². The van der Waals surface area contributed by atoms with Crippen molar-refractivity contribution in [2.45, 2.75) is 25.0 Å². The highest BCUT2D eigenvalue weighted by Crippen LogP contribution is 2.31. The molecule has 138 valence electrons. The molecule has 1 aliphatic heterocycles. The standard InChI is InChI=1S/C17H22N6O2S/c1-13-3-2-4-15(18-13)19-16-7-8-17(21-20-16)22-9-11-23(12-10-22)26(24,25)14-5-6-14/h2-4,7-8,14H,5-6,9-12H2,1H3,(H,18,19,20). The van der Waals surface area contributed by atoms with Crippen molar-refractivity contribution < 1.29 is 8.42 Å². The summed E-state index contributed by atoms with van der Waals surface area (Å²) < 4.78 is 26.2. The van der Waals surface area contributed by atoms with Gasteiger partial charge in [-0.3, -0.25) is 0 Å². The van der Waals surface area contributed by atoms with E-state index < -0.39 is 10.0 Å². The van der Waals surface area contributed by atoms with Crippen LogP contribution in [-0.2, 0) is 10.0 Å². The van der Waals surface area contributed by atoms with E-state index in [-0.39, 0.29) is 5.25 Å².